The van der Waals surface area contributed by atoms with Crippen LogP contribution >= 0.6 is 24.0 Å². The minimum Gasteiger partial charge on any atom is -0.369 e. The van der Waals surface area contributed by atoms with Crippen LogP contribution in [0.25, 0.3) is 0 Å². The molecular weight excluding hydrogens is 437 g/mol. The summed E-state index contributed by atoms with van der Waals surface area (Å²) in [6.07, 6.45) is 2.38. The number of guanidine groups is 1. The summed E-state index contributed by atoms with van der Waals surface area (Å²) >= 11 is 0. The van der Waals surface area contributed by atoms with Crippen molar-refractivity contribution in [3.8, 4) is 0 Å². The van der Waals surface area contributed by atoms with Crippen molar-refractivity contribution in [2.24, 2.45) is 4.99 Å². The van der Waals surface area contributed by atoms with Crippen LogP contribution in [0.3, 0.4) is 0 Å². The monoisotopic (exact) mass is 473 g/mol. The molecule has 0 aliphatic carbocycles. The summed E-state index contributed by atoms with van der Waals surface area (Å²) in [5.41, 5.74) is 2.71. The molecule has 0 amide bonds. The fourth-order valence-electron chi connectivity index (χ4n) is 3.36. The predicted molar refractivity (Wildman–Crippen MR) is 124 cm³/mol. The lowest BCUT2D eigenvalue weighted by molar-refractivity contribution is 0.253. The van der Waals surface area contributed by atoms with Crippen LogP contribution in [0, 0.1) is 6.92 Å². The van der Waals surface area contributed by atoms with E-state index in [1.165, 1.54) is 24.2 Å². The number of anilines is 1. The van der Waals surface area contributed by atoms with Crippen molar-refractivity contribution in [1.82, 2.24) is 14.7 Å². The van der Waals surface area contributed by atoms with Crippen LogP contribution in [-0.4, -0.2) is 88.1 Å². The molecule has 0 spiro atoms. The van der Waals surface area contributed by atoms with Gasteiger partial charge in [0.1, 0.15) is 0 Å². The van der Waals surface area contributed by atoms with Crippen LogP contribution in [-0.2, 0) is 0 Å². The lowest BCUT2D eigenvalue weighted by Crippen LogP contribution is -2.46. The molecule has 5 nitrogen and oxygen atoms in total. The predicted octanol–water partition coefficient (Wildman–Crippen LogP) is 2.99. The number of hydrogen-bond donors (Lipinski definition) is 0. The summed E-state index contributed by atoms with van der Waals surface area (Å²) in [5.74, 6) is 1.05. The SMILES string of the molecule is Cc1cccc(N2CCN(CCCCN=C(N(C)C)N(C)C)CC2)c1.I. The lowest BCUT2D eigenvalue weighted by atomic mass is 10.2. The number of benzene rings is 1. The molecule has 0 bridgehead atoms. The second-order valence-corrected chi connectivity index (χ2v) is 7.35. The fourth-order valence-corrected chi connectivity index (χ4v) is 3.36. The van der Waals surface area contributed by atoms with Gasteiger partial charge in [0.15, 0.2) is 5.96 Å². The highest BCUT2D eigenvalue weighted by Crippen LogP contribution is 2.17. The Morgan fingerprint density at radius 3 is 2.23 bits per heavy atom. The van der Waals surface area contributed by atoms with E-state index in [0.29, 0.717) is 0 Å². The van der Waals surface area contributed by atoms with Gasteiger partial charge < -0.3 is 14.7 Å². The van der Waals surface area contributed by atoms with Crippen LogP contribution < -0.4 is 4.90 Å². The maximum Gasteiger partial charge on any atom is 0.195 e. The highest BCUT2D eigenvalue weighted by Gasteiger charge is 2.16. The van der Waals surface area contributed by atoms with Crippen LogP contribution in [0.5, 0.6) is 0 Å². The summed E-state index contributed by atoms with van der Waals surface area (Å²) in [4.78, 5) is 14.0. The Labute approximate surface area is 177 Å². The number of aryl methyl sites for hydroxylation is 1. The molecule has 2 rings (SSSR count). The van der Waals surface area contributed by atoms with E-state index < -0.39 is 0 Å². The molecule has 1 fully saturated rings. The summed E-state index contributed by atoms with van der Waals surface area (Å²) in [6.45, 7) is 8.86. The highest BCUT2D eigenvalue weighted by atomic mass is 127. The number of hydrogen-bond acceptors (Lipinski definition) is 3. The van der Waals surface area contributed by atoms with Gasteiger partial charge in [0.05, 0.1) is 0 Å². The number of nitrogens with zero attached hydrogens (tertiary/aromatic N) is 5. The topological polar surface area (TPSA) is 25.3 Å². The van der Waals surface area contributed by atoms with Crippen molar-refractivity contribution < 1.29 is 0 Å². The summed E-state index contributed by atoms with van der Waals surface area (Å²) < 4.78 is 0. The maximum atomic E-state index is 4.71. The number of halogens is 1. The normalized spacial score (nSPS) is 14.6. The average molecular weight is 473 g/mol. The first kappa shape index (κ1) is 23.0. The molecule has 148 valence electrons. The summed E-state index contributed by atoms with van der Waals surface area (Å²) in [7, 11) is 8.19. The molecule has 1 saturated heterocycles. The Bertz CT molecular complexity index is 541. The minimum absolute atomic E-state index is 0. The van der Waals surface area contributed by atoms with E-state index in [9.17, 15) is 0 Å². The smallest absolute Gasteiger partial charge is 0.195 e. The van der Waals surface area contributed by atoms with E-state index in [1.807, 2.05) is 28.2 Å². The molecule has 0 aromatic heterocycles. The van der Waals surface area contributed by atoms with Gasteiger partial charge in [0, 0.05) is 66.6 Å². The average Bonchev–Trinajstić information content (AvgIpc) is 2.58. The van der Waals surface area contributed by atoms with E-state index in [0.717, 1.165) is 45.1 Å². The molecule has 0 atom stereocenters. The van der Waals surface area contributed by atoms with Gasteiger partial charge in [-0.15, -0.1) is 24.0 Å². The Morgan fingerprint density at radius 2 is 1.65 bits per heavy atom. The number of piperazine rings is 1. The third kappa shape index (κ3) is 7.31. The van der Waals surface area contributed by atoms with Gasteiger partial charge in [-0.1, -0.05) is 12.1 Å². The van der Waals surface area contributed by atoms with E-state index in [4.69, 9.17) is 4.99 Å². The van der Waals surface area contributed by atoms with Gasteiger partial charge in [-0.2, -0.15) is 0 Å². The van der Waals surface area contributed by atoms with Crippen molar-refractivity contribution in [3.05, 3.63) is 29.8 Å². The molecule has 1 aliphatic rings. The third-order valence-electron chi connectivity index (χ3n) is 4.67. The quantitative estimate of drug-likeness (QED) is 0.275. The van der Waals surface area contributed by atoms with Gasteiger partial charge in [-0.3, -0.25) is 9.89 Å². The van der Waals surface area contributed by atoms with Gasteiger partial charge in [-0.05, 0) is 44.0 Å². The van der Waals surface area contributed by atoms with Crippen LogP contribution in [0.4, 0.5) is 5.69 Å². The molecule has 26 heavy (non-hydrogen) atoms. The largest absolute Gasteiger partial charge is 0.369 e. The zero-order valence-corrected chi connectivity index (χ0v) is 19.4. The number of aliphatic imine (C=N–C) groups is 1. The molecule has 1 aromatic carbocycles. The van der Waals surface area contributed by atoms with Crippen LogP contribution in [0.2, 0.25) is 0 Å². The van der Waals surface area contributed by atoms with E-state index in [-0.39, 0.29) is 24.0 Å². The Kier molecular flexibility index (Phi) is 10.3. The van der Waals surface area contributed by atoms with E-state index >= 15 is 0 Å². The first-order valence-corrected chi connectivity index (χ1v) is 9.40. The molecule has 0 radical (unpaired) electrons. The van der Waals surface area contributed by atoms with Crippen molar-refractivity contribution >= 4 is 35.6 Å². The first-order chi connectivity index (χ1) is 12.0. The number of unbranched alkanes of at least 4 members (excludes halogenated alkanes) is 1. The van der Waals surface area contributed by atoms with Crippen molar-refractivity contribution in [2.45, 2.75) is 19.8 Å². The summed E-state index contributed by atoms with van der Waals surface area (Å²) in [6, 6.07) is 8.85. The number of rotatable bonds is 6. The Morgan fingerprint density at radius 1 is 1.00 bits per heavy atom. The standard InChI is InChI=1S/C20H35N5.HI/c1-18-9-8-10-19(17-18)25-15-13-24(14-16-25)12-7-6-11-21-20(22(2)3)23(4)5;/h8-10,17H,6-7,11-16H2,1-5H3;1H. The Hall–Kier alpha value is -1.02. The second-order valence-electron chi connectivity index (χ2n) is 7.35. The van der Waals surface area contributed by atoms with Crippen molar-refractivity contribution in [3.63, 3.8) is 0 Å². The Balaban J connectivity index is 0.00000338. The molecule has 0 N–H and O–H groups in total. The van der Waals surface area contributed by atoms with E-state index in [1.54, 1.807) is 0 Å². The zero-order chi connectivity index (χ0) is 18.2. The maximum absolute atomic E-state index is 4.71. The third-order valence-corrected chi connectivity index (χ3v) is 4.67. The van der Waals surface area contributed by atoms with Gasteiger partial charge >= 0.3 is 0 Å². The lowest BCUT2D eigenvalue weighted by Gasteiger charge is -2.36. The van der Waals surface area contributed by atoms with Crippen LogP contribution in [0.1, 0.15) is 18.4 Å². The van der Waals surface area contributed by atoms with E-state index in [2.05, 4.69) is 50.8 Å². The molecule has 1 aliphatic heterocycles. The molecule has 0 unspecified atom stereocenters. The van der Waals surface area contributed by atoms with Gasteiger partial charge in [0.25, 0.3) is 0 Å². The summed E-state index contributed by atoms with van der Waals surface area (Å²) in [5, 5.41) is 0. The fraction of sp³-hybridized carbons (Fsp3) is 0.650. The highest BCUT2D eigenvalue weighted by molar-refractivity contribution is 14.0. The van der Waals surface area contributed by atoms with Gasteiger partial charge in [-0.25, -0.2) is 0 Å². The van der Waals surface area contributed by atoms with Crippen molar-refractivity contribution in [2.75, 3.05) is 72.4 Å². The molecule has 1 aromatic rings. The van der Waals surface area contributed by atoms with Crippen molar-refractivity contribution in [1.29, 1.82) is 0 Å². The second kappa shape index (κ2) is 11.6. The molecular formula is C20H36IN5. The van der Waals surface area contributed by atoms with Crippen LogP contribution in [0.15, 0.2) is 29.3 Å². The van der Waals surface area contributed by atoms with Gasteiger partial charge in [0.2, 0.25) is 0 Å². The molecule has 6 heteroatoms. The molecule has 0 saturated carbocycles. The molecule has 1 heterocycles. The zero-order valence-electron chi connectivity index (χ0n) is 17.1. The minimum atomic E-state index is 0. The first-order valence-electron chi connectivity index (χ1n) is 9.40.